The third kappa shape index (κ3) is 5.29. The van der Waals surface area contributed by atoms with E-state index in [2.05, 4.69) is 126 Å². The van der Waals surface area contributed by atoms with Gasteiger partial charge in [0.25, 0.3) is 0 Å². The van der Waals surface area contributed by atoms with Crippen LogP contribution in [0.1, 0.15) is 0 Å². The molecule has 56 heavy (non-hydrogen) atoms. The monoisotopic (exact) mass is 716 g/mol. The normalized spacial score (nSPS) is 11.6. The predicted octanol–water partition coefficient (Wildman–Crippen LogP) is 13.2. The fourth-order valence-electron chi connectivity index (χ4n) is 8.06. The van der Waals surface area contributed by atoms with Gasteiger partial charge in [-0.05, 0) is 64.7 Å². The van der Waals surface area contributed by atoms with Crippen molar-refractivity contribution in [2.75, 3.05) is 0 Å². The Morgan fingerprint density at radius 1 is 0.339 bits per heavy atom. The van der Waals surface area contributed by atoms with Gasteiger partial charge in [-0.15, -0.1) is 0 Å². The first-order chi connectivity index (χ1) is 27.8. The average molecular weight is 717 g/mol. The van der Waals surface area contributed by atoms with Crippen molar-refractivity contribution in [1.29, 1.82) is 0 Å². The van der Waals surface area contributed by atoms with Crippen LogP contribution in [0.25, 0.3) is 106 Å². The molecule has 0 aliphatic rings. The third-order valence-corrected chi connectivity index (χ3v) is 10.7. The van der Waals surface area contributed by atoms with E-state index in [0.29, 0.717) is 17.5 Å². The molecule has 0 fully saturated rings. The number of para-hydroxylation sites is 2. The summed E-state index contributed by atoms with van der Waals surface area (Å²) in [5.74, 6) is 1.82. The molecule has 0 saturated carbocycles. The second-order valence-corrected chi connectivity index (χ2v) is 14.0. The van der Waals surface area contributed by atoms with E-state index in [-0.39, 0.29) is 0 Å². The number of hydrogen-bond donors (Lipinski definition) is 0. The van der Waals surface area contributed by atoms with Crippen molar-refractivity contribution in [3.63, 3.8) is 0 Å². The van der Waals surface area contributed by atoms with Gasteiger partial charge in [0.15, 0.2) is 17.5 Å². The van der Waals surface area contributed by atoms with Crippen molar-refractivity contribution in [3.05, 3.63) is 194 Å². The highest BCUT2D eigenvalue weighted by atomic mass is 16.3. The first-order valence-electron chi connectivity index (χ1n) is 18.8. The van der Waals surface area contributed by atoms with Crippen LogP contribution in [-0.4, -0.2) is 19.5 Å². The molecule has 0 amide bonds. The summed E-state index contributed by atoms with van der Waals surface area (Å²) in [6.45, 7) is 0. The van der Waals surface area contributed by atoms with E-state index in [1.165, 1.54) is 5.56 Å². The fourth-order valence-corrected chi connectivity index (χ4v) is 8.06. The quantitative estimate of drug-likeness (QED) is 0.172. The summed E-state index contributed by atoms with van der Waals surface area (Å²) in [6.07, 6.45) is 0. The lowest BCUT2D eigenvalue weighted by molar-refractivity contribution is 0.669. The molecule has 11 aromatic rings. The Kier molecular flexibility index (Phi) is 7.42. The molecular formula is C51H32N4O. The molecule has 0 aliphatic carbocycles. The molecule has 0 saturated heterocycles. The van der Waals surface area contributed by atoms with Gasteiger partial charge in [0.2, 0.25) is 0 Å². The van der Waals surface area contributed by atoms with Gasteiger partial charge in [0.1, 0.15) is 11.2 Å². The van der Waals surface area contributed by atoms with Crippen molar-refractivity contribution in [2.24, 2.45) is 0 Å². The number of fused-ring (bicyclic) bond motifs is 7. The van der Waals surface area contributed by atoms with Crippen molar-refractivity contribution >= 4 is 43.7 Å². The van der Waals surface area contributed by atoms with Crippen LogP contribution in [0.4, 0.5) is 0 Å². The Morgan fingerprint density at radius 2 is 0.893 bits per heavy atom. The lowest BCUT2D eigenvalue weighted by atomic mass is 9.97. The van der Waals surface area contributed by atoms with Gasteiger partial charge in [-0.3, -0.25) is 0 Å². The Balaban J connectivity index is 1.22. The summed E-state index contributed by atoms with van der Waals surface area (Å²) in [5, 5.41) is 4.51. The van der Waals surface area contributed by atoms with Gasteiger partial charge >= 0.3 is 0 Å². The Bertz CT molecular complexity index is 3180. The Morgan fingerprint density at radius 3 is 1.61 bits per heavy atom. The van der Waals surface area contributed by atoms with Crippen LogP contribution in [0.5, 0.6) is 0 Å². The van der Waals surface area contributed by atoms with Crippen molar-refractivity contribution < 1.29 is 4.42 Å². The predicted molar refractivity (Wildman–Crippen MR) is 229 cm³/mol. The molecule has 0 aliphatic heterocycles. The zero-order valence-electron chi connectivity index (χ0n) is 30.2. The van der Waals surface area contributed by atoms with Gasteiger partial charge in [-0.25, -0.2) is 15.0 Å². The summed E-state index contributed by atoms with van der Waals surface area (Å²) in [5.41, 5.74) is 12.1. The van der Waals surface area contributed by atoms with Gasteiger partial charge < -0.3 is 8.98 Å². The largest absolute Gasteiger partial charge is 0.456 e. The summed E-state index contributed by atoms with van der Waals surface area (Å²) in [6, 6.07) is 67.4. The molecule has 11 rings (SSSR count). The first-order valence-corrected chi connectivity index (χ1v) is 18.8. The molecule has 8 aromatic carbocycles. The minimum absolute atomic E-state index is 0.592. The van der Waals surface area contributed by atoms with Gasteiger partial charge in [-0.2, -0.15) is 0 Å². The molecule has 5 heteroatoms. The van der Waals surface area contributed by atoms with Gasteiger partial charge in [0.05, 0.1) is 16.7 Å². The highest BCUT2D eigenvalue weighted by molar-refractivity contribution is 6.27. The molecule has 0 spiro atoms. The number of aromatic nitrogens is 4. The number of benzene rings is 8. The molecule has 0 unspecified atom stereocenters. The Hall–Kier alpha value is -7.63. The van der Waals surface area contributed by atoms with E-state index in [4.69, 9.17) is 19.4 Å². The lowest BCUT2D eigenvalue weighted by Gasteiger charge is -2.16. The molecule has 5 nitrogen and oxygen atoms in total. The van der Waals surface area contributed by atoms with Gasteiger partial charge in [0, 0.05) is 38.2 Å². The van der Waals surface area contributed by atoms with Gasteiger partial charge in [-0.1, -0.05) is 152 Å². The number of hydrogen-bond acceptors (Lipinski definition) is 4. The van der Waals surface area contributed by atoms with Crippen LogP contribution >= 0.6 is 0 Å². The van der Waals surface area contributed by atoms with E-state index in [0.717, 1.165) is 82.8 Å². The molecule has 0 atom stereocenters. The van der Waals surface area contributed by atoms with E-state index < -0.39 is 0 Å². The summed E-state index contributed by atoms with van der Waals surface area (Å²) in [7, 11) is 0. The summed E-state index contributed by atoms with van der Waals surface area (Å²) < 4.78 is 8.76. The maximum atomic E-state index is 6.40. The molecule has 0 radical (unpaired) electrons. The minimum Gasteiger partial charge on any atom is -0.456 e. The molecule has 262 valence electrons. The molecular weight excluding hydrogens is 685 g/mol. The first kappa shape index (κ1) is 31.9. The summed E-state index contributed by atoms with van der Waals surface area (Å²) in [4.78, 5) is 15.6. The highest BCUT2D eigenvalue weighted by Crippen LogP contribution is 2.43. The standard InChI is InChI=1S/C51H32N4O/c1-4-15-33(16-5-1)36-21-14-22-37(31-36)38-27-28-43(41(32-38)51-53-49(34-17-6-2-7-18-34)52-50(54-51)35-19-8-3-9-20-35)55-42-25-12-10-23-39(42)47-44(55)29-30-46-48(47)40-24-11-13-26-45(40)56-46/h1-32H. The van der Waals surface area contributed by atoms with Crippen LogP contribution in [-0.2, 0) is 0 Å². The van der Waals surface area contributed by atoms with Crippen LogP contribution in [0, 0.1) is 0 Å². The van der Waals surface area contributed by atoms with E-state index in [9.17, 15) is 0 Å². The number of nitrogens with zero attached hydrogens (tertiary/aromatic N) is 4. The topological polar surface area (TPSA) is 56.7 Å². The number of rotatable bonds is 6. The highest BCUT2D eigenvalue weighted by Gasteiger charge is 2.23. The van der Waals surface area contributed by atoms with E-state index in [1.54, 1.807) is 0 Å². The molecule has 0 N–H and O–H groups in total. The zero-order valence-corrected chi connectivity index (χ0v) is 30.2. The van der Waals surface area contributed by atoms with Crippen LogP contribution in [0.15, 0.2) is 199 Å². The van der Waals surface area contributed by atoms with Crippen molar-refractivity contribution in [1.82, 2.24) is 19.5 Å². The maximum Gasteiger partial charge on any atom is 0.166 e. The average Bonchev–Trinajstić information content (AvgIpc) is 3.83. The second-order valence-electron chi connectivity index (χ2n) is 14.0. The van der Waals surface area contributed by atoms with Crippen LogP contribution in [0.2, 0.25) is 0 Å². The third-order valence-electron chi connectivity index (χ3n) is 10.7. The fraction of sp³-hybridized carbons (Fsp3) is 0. The molecule has 0 bridgehead atoms. The molecule has 3 aromatic heterocycles. The zero-order chi connectivity index (χ0) is 37.0. The number of furan rings is 1. The Labute approximate surface area is 322 Å². The van der Waals surface area contributed by atoms with Crippen LogP contribution < -0.4 is 0 Å². The van der Waals surface area contributed by atoms with E-state index >= 15 is 0 Å². The maximum absolute atomic E-state index is 6.40. The minimum atomic E-state index is 0.592. The SMILES string of the molecule is c1ccc(-c2cccc(-c3ccc(-n4c5ccccc5c5c6c(ccc54)oc4ccccc46)c(-c4nc(-c5ccccc5)nc(-c5ccccc5)n4)c3)c2)cc1. The van der Waals surface area contributed by atoms with Crippen molar-refractivity contribution in [2.45, 2.75) is 0 Å². The van der Waals surface area contributed by atoms with Crippen molar-refractivity contribution in [3.8, 4) is 62.1 Å². The molecule has 3 heterocycles. The second kappa shape index (κ2) is 13.0. The summed E-state index contributed by atoms with van der Waals surface area (Å²) >= 11 is 0. The smallest absolute Gasteiger partial charge is 0.166 e. The lowest BCUT2D eigenvalue weighted by Crippen LogP contribution is -2.04. The van der Waals surface area contributed by atoms with Crippen LogP contribution in [0.3, 0.4) is 0 Å². The van der Waals surface area contributed by atoms with E-state index in [1.807, 2.05) is 72.8 Å².